The highest BCUT2D eigenvalue weighted by Crippen LogP contribution is 2.26. The lowest BCUT2D eigenvalue weighted by molar-refractivity contribution is 0.131. The van der Waals surface area contributed by atoms with Gasteiger partial charge in [-0.25, -0.2) is 9.78 Å². The van der Waals surface area contributed by atoms with Gasteiger partial charge < -0.3 is 14.2 Å². The van der Waals surface area contributed by atoms with E-state index >= 15 is 0 Å². The molecule has 0 unspecified atom stereocenters. The number of piperidine rings is 1. The molecular weight excluding hydrogens is 340 g/mol. The number of hydrogen-bond acceptors (Lipinski definition) is 4. The predicted octanol–water partition coefficient (Wildman–Crippen LogP) is 4.09. The number of imidazole rings is 1. The summed E-state index contributed by atoms with van der Waals surface area (Å²) in [6.45, 7) is 3.17. The van der Waals surface area contributed by atoms with Gasteiger partial charge in [-0.15, -0.1) is 0 Å². The summed E-state index contributed by atoms with van der Waals surface area (Å²) < 4.78 is 7.66. The minimum atomic E-state index is -0.305. The van der Waals surface area contributed by atoms with E-state index in [1.807, 2.05) is 31.5 Å². The zero-order valence-electron chi connectivity index (χ0n) is 15.3. The van der Waals surface area contributed by atoms with E-state index in [0.717, 1.165) is 24.1 Å². The Bertz CT molecular complexity index is 915. The van der Waals surface area contributed by atoms with Crippen LogP contribution in [0, 0.1) is 6.92 Å². The van der Waals surface area contributed by atoms with Crippen LogP contribution in [0.1, 0.15) is 24.6 Å². The Labute approximate surface area is 158 Å². The Balaban J connectivity index is 1.36. The van der Waals surface area contributed by atoms with E-state index in [0.29, 0.717) is 30.6 Å². The molecule has 138 valence electrons. The Morgan fingerprint density at radius 1 is 1.07 bits per heavy atom. The lowest BCUT2D eigenvalue weighted by atomic mass is 10.1. The number of pyridine rings is 1. The van der Waals surface area contributed by atoms with Gasteiger partial charge in [-0.2, -0.15) is 0 Å². The van der Waals surface area contributed by atoms with Gasteiger partial charge in [0.2, 0.25) is 0 Å². The van der Waals surface area contributed by atoms with Crippen molar-refractivity contribution in [3.05, 3.63) is 66.9 Å². The summed E-state index contributed by atoms with van der Waals surface area (Å²) in [7, 11) is 0. The molecule has 0 saturated carbocycles. The van der Waals surface area contributed by atoms with Gasteiger partial charge in [-0.1, -0.05) is 30.3 Å². The van der Waals surface area contributed by atoms with E-state index in [1.54, 1.807) is 23.2 Å². The molecule has 0 bridgehead atoms. The number of carbonyl (C=O) groups excluding carboxylic acids is 1. The number of hydrogen-bond donors (Lipinski definition) is 0. The third kappa shape index (κ3) is 3.84. The van der Waals surface area contributed by atoms with E-state index in [-0.39, 0.29) is 6.09 Å². The van der Waals surface area contributed by atoms with Gasteiger partial charge in [0.25, 0.3) is 0 Å². The van der Waals surface area contributed by atoms with Crippen molar-refractivity contribution in [2.24, 2.45) is 0 Å². The summed E-state index contributed by atoms with van der Waals surface area (Å²) in [6, 6.07) is 14.0. The van der Waals surface area contributed by atoms with Gasteiger partial charge >= 0.3 is 6.09 Å². The first-order valence-electron chi connectivity index (χ1n) is 9.18. The summed E-state index contributed by atoms with van der Waals surface area (Å²) in [5.74, 6) is 0.520. The van der Waals surface area contributed by atoms with Crippen molar-refractivity contribution in [1.29, 1.82) is 0 Å². The van der Waals surface area contributed by atoms with E-state index < -0.39 is 0 Å². The molecular formula is C21H22N4O2. The molecule has 1 fully saturated rings. The summed E-state index contributed by atoms with van der Waals surface area (Å²) in [6.07, 6.45) is 7.12. The van der Waals surface area contributed by atoms with Gasteiger partial charge in [-0.3, -0.25) is 4.98 Å². The molecule has 3 heterocycles. The van der Waals surface area contributed by atoms with Crippen molar-refractivity contribution >= 4 is 6.09 Å². The van der Waals surface area contributed by atoms with Gasteiger partial charge in [0.1, 0.15) is 0 Å². The molecule has 0 N–H and O–H groups in total. The summed E-state index contributed by atoms with van der Waals surface area (Å²) >= 11 is 0. The quantitative estimate of drug-likeness (QED) is 0.704. The van der Waals surface area contributed by atoms with Gasteiger partial charge in [0, 0.05) is 37.1 Å². The minimum Gasteiger partial charge on any atom is -0.408 e. The Kier molecular flexibility index (Phi) is 4.87. The molecule has 1 aromatic carbocycles. The molecule has 2 aromatic heterocycles. The number of rotatable bonds is 3. The van der Waals surface area contributed by atoms with E-state index in [1.165, 1.54) is 0 Å². The molecule has 27 heavy (non-hydrogen) atoms. The molecule has 0 spiro atoms. The maximum absolute atomic E-state index is 12.4. The van der Waals surface area contributed by atoms with Crippen LogP contribution in [-0.4, -0.2) is 38.6 Å². The monoisotopic (exact) mass is 362 g/mol. The summed E-state index contributed by atoms with van der Waals surface area (Å²) in [5.41, 5.74) is 2.81. The third-order valence-corrected chi connectivity index (χ3v) is 4.97. The average Bonchev–Trinajstić information content (AvgIpc) is 3.21. The van der Waals surface area contributed by atoms with E-state index in [9.17, 15) is 4.79 Å². The molecule has 1 aliphatic heterocycles. The first-order chi connectivity index (χ1) is 13.2. The molecule has 1 saturated heterocycles. The van der Waals surface area contributed by atoms with E-state index in [2.05, 4.69) is 32.9 Å². The van der Waals surface area contributed by atoms with Crippen LogP contribution in [0.25, 0.3) is 11.3 Å². The highest BCUT2D eigenvalue weighted by molar-refractivity contribution is 5.71. The van der Waals surface area contributed by atoms with E-state index in [4.69, 9.17) is 4.74 Å². The summed E-state index contributed by atoms with van der Waals surface area (Å²) in [5, 5.41) is 0. The highest BCUT2D eigenvalue weighted by Gasteiger charge is 2.25. The maximum Gasteiger partial charge on any atom is 0.415 e. The second-order valence-corrected chi connectivity index (χ2v) is 6.75. The average molecular weight is 362 g/mol. The maximum atomic E-state index is 12.4. The van der Waals surface area contributed by atoms with Crippen molar-refractivity contribution in [1.82, 2.24) is 19.4 Å². The Morgan fingerprint density at radius 3 is 2.59 bits per heavy atom. The van der Waals surface area contributed by atoms with Crippen LogP contribution in [0.4, 0.5) is 4.79 Å². The number of benzene rings is 1. The number of amides is 1. The molecule has 3 aromatic rings. The van der Waals surface area contributed by atoms with Gasteiger partial charge in [0.05, 0.1) is 17.7 Å². The third-order valence-electron chi connectivity index (χ3n) is 4.97. The first kappa shape index (κ1) is 17.3. The van der Waals surface area contributed by atoms with Crippen LogP contribution in [0.3, 0.4) is 0 Å². The normalized spacial score (nSPS) is 14.9. The first-order valence-corrected chi connectivity index (χ1v) is 9.18. The van der Waals surface area contributed by atoms with Crippen molar-refractivity contribution in [2.75, 3.05) is 13.1 Å². The number of aryl methyl sites for hydroxylation is 1. The van der Waals surface area contributed by atoms with Crippen LogP contribution in [0.15, 0.2) is 61.2 Å². The van der Waals surface area contributed by atoms with Crippen molar-refractivity contribution in [3.8, 4) is 17.0 Å². The molecule has 0 aliphatic carbocycles. The lowest BCUT2D eigenvalue weighted by Gasteiger charge is -2.31. The second kappa shape index (κ2) is 7.61. The number of ether oxygens (including phenoxy) is 1. The molecule has 1 amide bonds. The largest absolute Gasteiger partial charge is 0.415 e. The number of nitrogens with zero attached hydrogens (tertiary/aromatic N) is 4. The zero-order valence-corrected chi connectivity index (χ0v) is 15.3. The molecule has 4 rings (SSSR count). The number of likely N-dealkylation sites (tertiary alicyclic amines) is 1. The predicted molar refractivity (Wildman–Crippen MR) is 103 cm³/mol. The number of aromatic nitrogens is 3. The van der Waals surface area contributed by atoms with Crippen LogP contribution in [0.2, 0.25) is 0 Å². The second-order valence-electron chi connectivity index (χ2n) is 6.75. The molecule has 0 radical (unpaired) electrons. The minimum absolute atomic E-state index is 0.305. The molecule has 6 nitrogen and oxygen atoms in total. The molecule has 1 aliphatic rings. The standard InChI is InChI=1S/C21H22N4O2/c1-16-20(8-5-11-22-16)27-21(26)24-12-9-18(10-13-24)25-14-19(23-15-25)17-6-3-2-4-7-17/h2-8,11,14-15,18H,9-10,12-13H2,1H3. The van der Waals surface area contributed by atoms with Crippen molar-refractivity contribution in [2.45, 2.75) is 25.8 Å². The fraction of sp³-hybridized carbons (Fsp3) is 0.286. The molecule has 6 heteroatoms. The smallest absolute Gasteiger partial charge is 0.408 e. The molecule has 0 atom stereocenters. The van der Waals surface area contributed by atoms with Crippen LogP contribution in [0.5, 0.6) is 5.75 Å². The van der Waals surface area contributed by atoms with Crippen LogP contribution < -0.4 is 4.74 Å². The van der Waals surface area contributed by atoms with Crippen LogP contribution >= 0.6 is 0 Å². The fourth-order valence-electron chi connectivity index (χ4n) is 3.38. The zero-order chi connectivity index (χ0) is 18.6. The van der Waals surface area contributed by atoms with Gasteiger partial charge in [0.15, 0.2) is 5.75 Å². The number of carbonyl (C=O) groups is 1. The Hall–Kier alpha value is -3.15. The highest BCUT2D eigenvalue weighted by atomic mass is 16.6. The SMILES string of the molecule is Cc1ncccc1OC(=O)N1CCC(n2cnc(-c3ccccc3)c2)CC1. The lowest BCUT2D eigenvalue weighted by Crippen LogP contribution is -2.40. The van der Waals surface area contributed by atoms with Crippen LogP contribution in [-0.2, 0) is 0 Å². The van der Waals surface area contributed by atoms with Gasteiger partial charge in [-0.05, 0) is 31.9 Å². The topological polar surface area (TPSA) is 60.2 Å². The van der Waals surface area contributed by atoms with Crippen molar-refractivity contribution in [3.63, 3.8) is 0 Å². The fourth-order valence-corrected chi connectivity index (χ4v) is 3.38. The summed E-state index contributed by atoms with van der Waals surface area (Å²) in [4.78, 5) is 22.9. The Morgan fingerprint density at radius 2 is 1.85 bits per heavy atom. The van der Waals surface area contributed by atoms with Crippen molar-refractivity contribution < 1.29 is 9.53 Å².